The number of methoxy groups -OCH3 is 1. The van der Waals surface area contributed by atoms with E-state index < -0.39 is 0 Å². The van der Waals surface area contributed by atoms with Gasteiger partial charge in [0.1, 0.15) is 6.61 Å². The molecular formula is C20H27N3O4. The lowest BCUT2D eigenvalue weighted by molar-refractivity contribution is -0.119. The summed E-state index contributed by atoms with van der Waals surface area (Å²) in [6.45, 7) is 3.03. The van der Waals surface area contributed by atoms with Crippen LogP contribution in [0.5, 0.6) is 0 Å². The van der Waals surface area contributed by atoms with Crippen molar-refractivity contribution >= 4 is 23.2 Å². The van der Waals surface area contributed by atoms with Gasteiger partial charge < -0.3 is 24.3 Å². The molecule has 0 saturated carbocycles. The molecule has 0 fully saturated rings. The van der Waals surface area contributed by atoms with E-state index in [2.05, 4.69) is 5.32 Å². The van der Waals surface area contributed by atoms with Gasteiger partial charge in [-0.1, -0.05) is 6.92 Å². The van der Waals surface area contributed by atoms with E-state index in [0.29, 0.717) is 24.5 Å². The Balaban J connectivity index is 2.28. The molecule has 1 aromatic heterocycles. The van der Waals surface area contributed by atoms with E-state index >= 15 is 0 Å². The number of hydrogen-bond donors (Lipinski definition) is 1. The van der Waals surface area contributed by atoms with Crippen molar-refractivity contribution in [3.05, 3.63) is 47.9 Å². The van der Waals surface area contributed by atoms with Crippen LogP contribution in [0.4, 0.5) is 11.4 Å². The van der Waals surface area contributed by atoms with Crippen molar-refractivity contribution in [1.29, 1.82) is 0 Å². The SMILES string of the molecule is CCCN(Cc1cc(NC(=O)COC)ccc1N(C)C)C(=O)c1ccco1. The highest BCUT2D eigenvalue weighted by Crippen LogP contribution is 2.25. The van der Waals surface area contributed by atoms with E-state index in [-0.39, 0.29) is 18.4 Å². The molecule has 0 atom stereocenters. The van der Waals surface area contributed by atoms with Crippen LogP contribution in [0.25, 0.3) is 0 Å². The molecule has 146 valence electrons. The number of benzene rings is 1. The second-order valence-electron chi connectivity index (χ2n) is 6.42. The number of furan rings is 1. The van der Waals surface area contributed by atoms with Gasteiger partial charge in [-0.2, -0.15) is 0 Å². The van der Waals surface area contributed by atoms with Crippen molar-refractivity contribution in [3.63, 3.8) is 0 Å². The number of nitrogens with one attached hydrogen (secondary N) is 1. The number of rotatable bonds is 9. The van der Waals surface area contributed by atoms with E-state index in [0.717, 1.165) is 17.7 Å². The number of amides is 2. The molecule has 0 aliphatic rings. The van der Waals surface area contributed by atoms with E-state index in [9.17, 15) is 9.59 Å². The van der Waals surface area contributed by atoms with Crippen molar-refractivity contribution in [1.82, 2.24) is 4.90 Å². The Morgan fingerprint density at radius 3 is 2.59 bits per heavy atom. The fourth-order valence-electron chi connectivity index (χ4n) is 2.84. The molecule has 7 nitrogen and oxygen atoms in total. The minimum atomic E-state index is -0.224. The largest absolute Gasteiger partial charge is 0.459 e. The van der Waals surface area contributed by atoms with Crippen LogP contribution in [0.3, 0.4) is 0 Å². The van der Waals surface area contributed by atoms with E-state index in [1.807, 2.05) is 44.1 Å². The minimum absolute atomic E-state index is 0.0102. The third-order valence-electron chi connectivity index (χ3n) is 3.99. The molecule has 1 heterocycles. The zero-order valence-electron chi connectivity index (χ0n) is 16.3. The molecule has 1 aromatic carbocycles. The molecule has 0 bridgehead atoms. The van der Waals surface area contributed by atoms with E-state index in [4.69, 9.17) is 9.15 Å². The number of carbonyl (C=O) groups excluding carboxylic acids is 2. The lowest BCUT2D eigenvalue weighted by atomic mass is 10.1. The van der Waals surface area contributed by atoms with Gasteiger partial charge >= 0.3 is 0 Å². The first-order chi connectivity index (χ1) is 13.0. The van der Waals surface area contributed by atoms with Crippen LogP contribution in [0.1, 0.15) is 29.5 Å². The Hall–Kier alpha value is -2.80. The Kier molecular flexibility index (Phi) is 7.43. The van der Waals surface area contributed by atoms with Crippen molar-refractivity contribution in [2.75, 3.05) is 44.6 Å². The summed E-state index contributed by atoms with van der Waals surface area (Å²) >= 11 is 0. The normalized spacial score (nSPS) is 10.5. The molecule has 27 heavy (non-hydrogen) atoms. The summed E-state index contributed by atoms with van der Waals surface area (Å²) in [5, 5.41) is 2.81. The average molecular weight is 373 g/mol. The summed E-state index contributed by atoms with van der Waals surface area (Å²) in [5.74, 6) is -0.0575. The van der Waals surface area contributed by atoms with Gasteiger partial charge in [-0.25, -0.2) is 0 Å². The molecule has 0 spiro atoms. The molecule has 0 saturated heterocycles. The predicted molar refractivity (Wildman–Crippen MR) is 105 cm³/mol. The molecule has 2 amide bonds. The molecular weight excluding hydrogens is 346 g/mol. The molecule has 7 heteroatoms. The van der Waals surface area contributed by atoms with Gasteiger partial charge in [0.25, 0.3) is 5.91 Å². The van der Waals surface area contributed by atoms with Gasteiger partial charge in [0, 0.05) is 45.7 Å². The Bertz CT molecular complexity index is 757. The average Bonchev–Trinajstić information content (AvgIpc) is 3.15. The first-order valence-electron chi connectivity index (χ1n) is 8.88. The summed E-state index contributed by atoms with van der Waals surface area (Å²) in [5.41, 5.74) is 2.58. The maximum Gasteiger partial charge on any atom is 0.289 e. The van der Waals surface area contributed by atoms with Crippen molar-refractivity contribution in [2.24, 2.45) is 0 Å². The lowest BCUT2D eigenvalue weighted by Crippen LogP contribution is -2.31. The first-order valence-corrected chi connectivity index (χ1v) is 8.88. The van der Waals surface area contributed by atoms with Gasteiger partial charge in [0.15, 0.2) is 5.76 Å². The van der Waals surface area contributed by atoms with E-state index in [1.54, 1.807) is 17.0 Å². The predicted octanol–water partition coefficient (Wildman–Crippen LogP) is 2.98. The van der Waals surface area contributed by atoms with Gasteiger partial charge in [0.2, 0.25) is 5.91 Å². The zero-order valence-corrected chi connectivity index (χ0v) is 16.3. The summed E-state index contributed by atoms with van der Waals surface area (Å²) in [7, 11) is 5.37. The van der Waals surface area contributed by atoms with E-state index in [1.165, 1.54) is 13.4 Å². The molecule has 2 rings (SSSR count). The monoisotopic (exact) mass is 373 g/mol. The van der Waals surface area contributed by atoms with Crippen LogP contribution < -0.4 is 10.2 Å². The fourth-order valence-corrected chi connectivity index (χ4v) is 2.84. The van der Waals surface area contributed by atoms with Crippen LogP contribution in [0.2, 0.25) is 0 Å². The van der Waals surface area contributed by atoms with Crippen LogP contribution >= 0.6 is 0 Å². The quantitative estimate of drug-likeness (QED) is 0.731. The van der Waals surface area contributed by atoms with Crippen molar-refractivity contribution in [2.45, 2.75) is 19.9 Å². The van der Waals surface area contributed by atoms with Crippen LogP contribution in [-0.4, -0.2) is 51.1 Å². The minimum Gasteiger partial charge on any atom is -0.459 e. The summed E-state index contributed by atoms with van der Waals surface area (Å²) < 4.78 is 10.1. The number of hydrogen-bond acceptors (Lipinski definition) is 5. The Labute approximate surface area is 159 Å². The van der Waals surface area contributed by atoms with Gasteiger partial charge in [-0.05, 0) is 42.3 Å². The highest BCUT2D eigenvalue weighted by atomic mass is 16.5. The van der Waals surface area contributed by atoms with Crippen molar-refractivity contribution in [3.8, 4) is 0 Å². The molecule has 0 radical (unpaired) electrons. The lowest BCUT2D eigenvalue weighted by Gasteiger charge is -2.25. The molecule has 0 unspecified atom stereocenters. The second kappa shape index (κ2) is 9.78. The number of anilines is 2. The van der Waals surface area contributed by atoms with Crippen molar-refractivity contribution < 1.29 is 18.7 Å². The molecule has 1 N–H and O–H groups in total. The summed E-state index contributed by atoms with van der Waals surface area (Å²) in [6, 6.07) is 9.03. The molecule has 0 aliphatic carbocycles. The highest BCUT2D eigenvalue weighted by Gasteiger charge is 2.20. The molecule has 0 aliphatic heterocycles. The Morgan fingerprint density at radius 2 is 2.00 bits per heavy atom. The topological polar surface area (TPSA) is 75.0 Å². The first kappa shape index (κ1) is 20.5. The second-order valence-corrected chi connectivity index (χ2v) is 6.42. The third-order valence-corrected chi connectivity index (χ3v) is 3.99. The van der Waals surface area contributed by atoms with Gasteiger partial charge in [0.05, 0.1) is 6.26 Å². The van der Waals surface area contributed by atoms with Gasteiger partial charge in [-0.3, -0.25) is 9.59 Å². The number of nitrogens with zero attached hydrogens (tertiary/aromatic N) is 2. The number of ether oxygens (including phenoxy) is 1. The van der Waals surface area contributed by atoms with Crippen LogP contribution in [0.15, 0.2) is 41.0 Å². The maximum absolute atomic E-state index is 12.8. The smallest absolute Gasteiger partial charge is 0.289 e. The molecule has 2 aromatic rings. The van der Waals surface area contributed by atoms with Gasteiger partial charge in [-0.15, -0.1) is 0 Å². The Morgan fingerprint density at radius 1 is 1.22 bits per heavy atom. The van der Waals surface area contributed by atoms with Crippen LogP contribution in [-0.2, 0) is 16.1 Å². The summed E-state index contributed by atoms with van der Waals surface area (Å²) in [6.07, 6.45) is 2.32. The highest BCUT2D eigenvalue weighted by molar-refractivity contribution is 5.93. The number of carbonyl (C=O) groups is 2. The summed E-state index contributed by atoms with van der Waals surface area (Å²) in [4.78, 5) is 28.3. The van der Waals surface area contributed by atoms with Crippen LogP contribution in [0, 0.1) is 0 Å². The zero-order chi connectivity index (χ0) is 19.8. The third kappa shape index (κ3) is 5.59. The maximum atomic E-state index is 12.8. The fraction of sp³-hybridized carbons (Fsp3) is 0.400. The standard InChI is InChI=1S/C20H27N3O4/c1-5-10-23(20(25)18-7-6-11-27-18)13-15-12-16(21-19(24)14-26-4)8-9-17(15)22(2)3/h6-9,11-12H,5,10,13-14H2,1-4H3,(H,21,24).